The molecule has 0 amide bonds. The maximum atomic E-state index is 5.29. The maximum Gasteiger partial charge on any atom is 0.0507 e. The minimum atomic E-state index is 0. The predicted molar refractivity (Wildman–Crippen MR) is 50.2 cm³/mol. The summed E-state index contributed by atoms with van der Waals surface area (Å²) >= 11 is 0. The Hall–Kier alpha value is 0.460. The monoisotopic (exact) mass is 202 g/mol. The molecule has 0 saturated carbocycles. The van der Waals surface area contributed by atoms with Crippen LogP contribution in [-0.4, -0.2) is 19.3 Å². The fourth-order valence-corrected chi connectivity index (χ4v) is 1.13. The summed E-state index contributed by atoms with van der Waals surface area (Å²) in [5.41, 5.74) is 2.77. The van der Waals surface area contributed by atoms with Crippen LogP contribution in [0.3, 0.4) is 0 Å². The van der Waals surface area contributed by atoms with Gasteiger partial charge in [-0.15, -0.1) is 24.8 Å². The Morgan fingerprint density at radius 2 is 2.09 bits per heavy atom. The highest BCUT2D eigenvalue weighted by molar-refractivity contribution is 5.85. The molecule has 2 atom stereocenters. The van der Waals surface area contributed by atoms with Crippen molar-refractivity contribution in [3.63, 3.8) is 0 Å². The Bertz CT molecular complexity index is 94.7. The van der Waals surface area contributed by atoms with Gasteiger partial charge in [-0.2, -0.15) is 0 Å². The lowest BCUT2D eigenvalue weighted by molar-refractivity contribution is 0.0392. The van der Waals surface area contributed by atoms with Gasteiger partial charge >= 0.3 is 0 Å². The Kier molecular flexibility index (Phi) is 9.08. The molecule has 0 spiro atoms. The lowest BCUT2D eigenvalue weighted by Crippen LogP contribution is -2.44. The van der Waals surface area contributed by atoms with Crippen molar-refractivity contribution in [1.29, 1.82) is 0 Å². The SMILES string of the molecule is C[C@H]1COCC[C@H]1NN.Cl.Cl. The third-order valence-electron chi connectivity index (χ3n) is 1.85. The summed E-state index contributed by atoms with van der Waals surface area (Å²) < 4.78 is 5.22. The van der Waals surface area contributed by atoms with Gasteiger partial charge in [-0.05, 0) is 12.3 Å². The summed E-state index contributed by atoms with van der Waals surface area (Å²) in [5, 5.41) is 0. The van der Waals surface area contributed by atoms with Crippen molar-refractivity contribution in [2.75, 3.05) is 13.2 Å². The normalized spacial score (nSPS) is 30.0. The third kappa shape index (κ3) is 4.13. The molecule has 11 heavy (non-hydrogen) atoms. The van der Waals surface area contributed by atoms with Gasteiger partial charge in [-0.3, -0.25) is 11.3 Å². The predicted octanol–water partition coefficient (Wildman–Crippen LogP) is 0.718. The van der Waals surface area contributed by atoms with Crippen LogP contribution in [0.2, 0.25) is 0 Å². The molecule has 0 unspecified atom stereocenters. The first kappa shape index (κ1) is 14.0. The molecule has 0 bridgehead atoms. The lowest BCUT2D eigenvalue weighted by Gasteiger charge is -2.27. The molecular formula is C6H16Cl2N2O. The minimum absolute atomic E-state index is 0. The molecule has 1 aliphatic heterocycles. The van der Waals surface area contributed by atoms with Crippen LogP contribution in [0.5, 0.6) is 0 Å². The van der Waals surface area contributed by atoms with E-state index >= 15 is 0 Å². The molecule has 3 N–H and O–H groups in total. The molecule has 70 valence electrons. The van der Waals surface area contributed by atoms with E-state index in [4.69, 9.17) is 10.6 Å². The molecule has 3 nitrogen and oxygen atoms in total. The van der Waals surface area contributed by atoms with Crippen LogP contribution in [-0.2, 0) is 4.74 Å². The minimum Gasteiger partial charge on any atom is -0.381 e. The van der Waals surface area contributed by atoms with Gasteiger partial charge in [0.2, 0.25) is 0 Å². The van der Waals surface area contributed by atoms with Crippen LogP contribution in [0.1, 0.15) is 13.3 Å². The number of hydrogen-bond donors (Lipinski definition) is 2. The molecule has 0 aromatic heterocycles. The van der Waals surface area contributed by atoms with E-state index < -0.39 is 0 Å². The molecule has 1 fully saturated rings. The molecule has 1 heterocycles. The van der Waals surface area contributed by atoms with E-state index in [2.05, 4.69) is 12.3 Å². The molecule has 1 aliphatic rings. The van der Waals surface area contributed by atoms with Gasteiger partial charge in [0.05, 0.1) is 6.61 Å². The zero-order valence-electron chi connectivity index (χ0n) is 6.58. The van der Waals surface area contributed by atoms with E-state index in [0.717, 1.165) is 19.6 Å². The first-order chi connectivity index (χ1) is 4.34. The fraction of sp³-hybridized carbons (Fsp3) is 1.00. The lowest BCUT2D eigenvalue weighted by atomic mass is 9.99. The van der Waals surface area contributed by atoms with Crippen LogP contribution in [0.4, 0.5) is 0 Å². The largest absolute Gasteiger partial charge is 0.381 e. The molecule has 0 radical (unpaired) electrons. The van der Waals surface area contributed by atoms with Crippen molar-refractivity contribution in [3.8, 4) is 0 Å². The van der Waals surface area contributed by atoms with Gasteiger partial charge < -0.3 is 4.74 Å². The molecule has 0 aliphatic carbocycles. The smallest absolute Gasteiger partial charge is 0.0507 e. The Morgan fingerprint density at radius 1 is 1.45 bits per heavy atom. The van der Waals surface area contributed by atoms with Gasteiger partial charge in [0.1, 0.15) is 0 Å². The second-order valence-corrected chi connectivity index (χ2v) is 2.61. The third-order valence-corrected chi connectivity index (χ3v) is 1.85. The number of ether oxygens (including phenoxy) is 1. The van der Waals surface area contributed by atoms with E-state index in [1.165, 1.54) is 0 Å². The van der Waals surface area contributed by atoms with Gasteiger partial charge in [0.15, 0.2) is 0 Å². The van der Waals surface area contributed by atoms with E-state index in [-0.39, 0.29) is 24.8 Å². The zero-order valence-corrected chi connectivity index (χ0v) is 8.21. The first-order valence-corrected chi connectivity index (χ1v) is 3.38. The number of nitrogens with two attached hydrogens (primary N) is 1. The van der Waals surface area contributed by atoms with Crippen molar-refractivity contribution in [1.82, 2.24) is 5.43 Å². The average molecular weight is 203 g/mol. The molecule has 0 aromatic rings. The summed E-state index contributed by atoms with van der Waals surface area (Å²) in [6, 6.07) is 0.457. The van der Waals surface area contributed by atoms with Crippen molar-refractivity contribution in [2.24, 2.45) is 11.8 Å². The number of hydrogen-bond acceptors (Lipinski definition) is 3. The quantitative estimate of drug-likeness (QED) is 0.487. The highest BCUT2D eigenvalue weighted by atomic mass is 35.5. The van der Waals surface area contributed by atoms with Crippen LogP contribution in [0.15, 0.2) is 0 Å². The summed E-state index contributed by atoms with van der Waals surface area (Å²) in [7, 11) is 0. The second-order valence-electron chi connectivity index (χ2n) is 2.61. The van der Waals surface area contributed by atoms with Crippen LogP contribution in [0, 0.1) is 5.92 Å². The summed E-state index contributed by atoms with van der Waals surface area (Å²) in [5.74, 6) is 5.85. The van der Waals surface area contributed by atoms with E-state index in [0.29, 0.717) is 12.0 Å². The van der Waals surface area contributed by atoms with Gasteiger partial charge in [-0.25, -0.2) is 0 Å². The highest BCUT2D eigenvalue weighted by Gasteiger charge is 2.19. The Labute approximate surface area is 79.8 Å². The zero-order chi connectivity index (χ0) is 6.69. The van der Waals surface area contributed by atoms with Crippen molar-refractivity contribution < 1.29 is 4.74 Å². The fourth-order valence-electron chi connectivity index (χ4n) is 1.13. The van der Waals surface area contributed by atoms with E-state index in [1.807, 2.05) is 0 Å². The van der Waals surface area contributed by atoms with Crippen LogP contribution >= 0.6 is 24.8 Å². The van der Waals surface area contributed by atoms with Crippen molar-refractivity contribution >= 4 is 24.8 Å². The van der Waals surface area contributed by atoms with Gasteiger partial charge in [0, 0.05) is 12.6 Å². The second kappa shape index (κ2) is 7.13. The number of hydrazine groups is 1. The van der Waals surface area contributed by atoms with Crippen molar-refractivity contribution in [3.05, 3.63) is 0 Å². The Morgan fingerprint density at radius 3 is 2.45 bits per heavy atom. The number of halogens is 2. The maximum absolute atomic E-state index is 5.29. The molecular weight excluding hydrogens is 187 g/mol. The van der Waals surface area contributed by atoms with Crippen molar-refractivity contribution in [2.45, 2.75) is 19.4 Å². The number of rotatable bonds is 1. The van der Waals surface area contributed by atoms with E-state index in [1.54, 1.807) is 0 Å². The Balaban J connectivity index is 0. The molecule has 5 heteroatoms. The summed E-state index contributed by atoms with van der Waals surface area (Å²) in [6.07, 6.45) is 1.04. The molecule has 0 aromatic carbocycles. The molecule has 1 saturated heterocycles. The summed E-state index contributed by atoms with van der Waals surface area (Å²) in [6.45, 7) is 3.83. The van der Waals surface area contributed by atoms with Gasteiger partial charge in [-0.1, -0.05) is 6.92 Å². The van der Waals surface area contributed by atoms with Gasteiger partial charge in [0.25, 0.3) is 0 Å². The number of nitrogens with one attached hydrogen (secondary N) is 1. The van der Waals surface area contributed by atoms with Crippen LogP contribution in [0.25, 0.3) is 0 Å². The first-order valence-electron chi connectivity index (χ1n) is 3.38. The standard InChI is InChI=1S/C6H14N2O.2ClH/c1-5-4-9-3-2-6(5)8-7;;/h5-6,8H,2-4,7H2,1H3;2*1H/t5-,6+;;/m0../s1. The topological polar surface area (TPSA) is 47.3 Å². The van der Waals surface area contributed by atoms with E-state index in [9.17, 15) is 0 Å². The highest BCUT2D eigenvalue weighted by Crippen LogP contribution is 2.12. The average Bonchev–Trinajstić information content (AvgIpc) is 1.89. The summed E-state index contributed by atoms with van der Waals surface area (Å²) in [4.78, 5) is 0. The van der Waals surface area contributed by atoms with Crippen LogP contribution < -0.4 is 11.3 Å². The molecule has 1 rings (SSSR count).